The van der Waals surface area contributed by atoms with Gasteiger partial charge in [0.15, 0.2) is 0 Å². The van der Waals surface area contributed by atoms with E-state index in [1.807, 2.05) is 21.1 Å². The zero-order valence-corrected chi connectivity index (χ0v) is 33.6. The van der Waals surface area contributed by atoms with Gasteiger partial charge in [-0.2, -0.15) is 5.06 Å². The maximum absolute atomic E-state index is 9.92. The fourth-order valence-electron chi connectivity index (χ4n) is 9.71. The van der Waals surface area contributed by atoms with Crippen LogP contribution < -0.4 is 10.6 Å². The van der Waals surface area contributed by atoms with Gasteiger partial charge in [-0.15, -0.1) is 0 Å². The molecule has 1 saturated heterocycles. The van der Waals surface area contributed by atoms with E-state index < -0.39 is 0 Å². The van der Waals surface area contributed by atoms with Gasteiger partial charge in [-0.05, 0) is 112 Å². The van der Waals surface area contributed by atoms with E-state index in [9.17, 15) is 5.11 Å². The highest BCUT2D eigenvalue weighted by Gasteiger charge is 2.41. The van der Waals surface area contributed by atoms with Crippen LogP contribution >= 0.6 is 0 Å². The molecular formula is C42H83N3O4. The molecule has 0 spiro atoms. The number of aliphatic hydroxyl groups excluding tert-OH is 2. The first-order valence-electron chi connectivity index (χ1n) is 20.6. The summed E-state index contributed by atoms with van der Waals surface area (Å²) in [5, 5.41) is 25.7. The molecule has 1 aliphatic heterocycles. The fourth-order valence-corrected chi connectivity index (χ4v) is 9.71. The number of nitrogens with one attached hydrogen (secondary N) is 2. The van der Waals surface area contributed by atoms with Crippen LogP contribution in [-0.4, -0.2) is 81.0 Å². The van der Waals surface area contributed by atoms with E-state index in [2.05, 4.69) is 50.0 Å². The first kappa shape index (κ1) is 44.5. The Balaban J connectivity index is 0.000000432. The first-order valence-corrected chi connectivity index (χ1v) is 20.6. The molecule has 8 unspecified atom stereocenters. The molecule has 9 atom stereocenters. The summed E-state index contributed by atoms with van der Waals surface area (Å²) in [6.45, 7) is 18.5. The van der Waals surface area contributed by atoms with E-state index >= 15 is 0 Å². The minimum Gasteiger partial charge on any atom is -0.400 e. The summed E-state index contributed by atoms with van der Waals surface area (Å²) in [4.78, 5) is 5.93. The second-order valence-corrected chi connectivity index (χ2v) is 17.2. The summed E-state index contributed by atoms with van der Waals surface area (Å²) < 4.78 is 6.20. The molecule has 4 aliphatic carbocycles. The van der Waals surface area contributed by atoms with Crippen LogP contribution in [0, 0.1) is 46.8 Å². The second-order valence-electron chi connectivity index (χ2n) is 17.2. The zero-order valence-electron chi connectivity index (χ0n) is 33.6. The lowest BCUT2D eigenvalue weighted by atomic mass is 9.66. The van der Waals surface area contributed by atoms with Crippen molar-refractivity contribution in [2.45, 2.75) is 162 Å². The summed E-state index contributed by atoms with van der Waals surface area (Å²) >= 11 is 0. The molecule has 4 N–H and O–H groups in total. The van der Waals surface area contributed by atoms with Crippen LogP contribution in [0.2, 0.25) is 0 Å². The zero-order chi connectivity index (χ0) is 36.2. The normalized spacial score (nSPS) is 34.2. The molecule has 290 valence electrons. The Morgan fingerprint density at radius 1 is 0.980 bits per heavy atom. The van der Waals surface area contributed by atoms with Gasteiger partial charge >= 0.3 is 0 Å². The van der Waals surface area contributed by atoms with Crippen molar-refractivity contribution >= 4 is 0 Å². The summed E-state index contributed by atoms with van der Waals surface area (Å²) in [5.41, 5.74) is 0.609. The smallest absolute Gasteiger partial charge is 0.0751 e. The molecule has 0 amide bonds. The number of rotatable bonds is 11. The topological polar surface area (TPSA) is 86.2 Å². The molecule has 0 aromatic heterocycles. The van der Waals surface area contributed by atoms with Gasteiger partial charge in [-0.25, -0.2) is 0 Å². The number of hydrogen-bond acceptors (Lipinski definition) is 7. The third-order valence-corrected chi connectivity index (χ3v) is 13.1. The van der Waals surface area contributed by atoms with Crippen molar-refractivity contribution < 1.29 is 19.8 Å². The largest absolute Gasteiger partial charge is 0.400 e. The maximum Gasteiger partial charge on any atom is 0.0751 e. The molecular weight excluding hydrogens is 610 g/mol. The average Bonchev–Trinajstić information content (AvgIpc) is 3.59. The lowest BCUT2D eigenvalue weighted by Gasteiger charge is -2.44. The van der Waals surface area contributed by atoms with E-state index in [1.165, 1.54) is 116 Å². The lowest BCUT2D eigenvalue weighted by Crippen LogP contribution is -2.46. The monoisotopic (exact) mass is 694 g/mol. The van der Waals surface area contributed by atoms with Crippen molar-refractivity contribution in [3.8, 4) is 0 Å². The van der Waals surface area contributed by atoms with Gasteiger partial charge in [0, 0.05) is 52.2 Å². The number of ether oxygens (including phenoxy) is 1. The van der Waals surface area contributed by atoms with Crippen molar-refractivity contribution in [1.82, 2.24) is 15.7 Å². The van der Waals surface area contributed by atoms with Crippen molar-refractivity contribution in [1.29, 1.82) is 0 Å². The van der Waals surface area contributed by atoms with Gasteiger partial charge in [-0.1, -0.05) is 85.6 Å². The molecule has 0 radical (unpaired) electrons. The van der Waals surface area contributed by atoms with Crippen molar-refractivity contribution in [2.75, 3.05) is 47.5 Å². The number of aliphatic hydroxyl groups is 2. The van der Waals surface area contributed by atoms with E-state index in [-0.39, 0.29) is 12.0 Å². The molecule has 5 rings (SSSR count). The Bertz CT molecular complexity index is 835. The fraction of sp³-hybridized carbons (Fsp3) is 0.952. The Labute approximate surface area is 304 Å². The molecule has 4 saturated carbocycles. The minimum absolute atomic E-state index is 0.244. The highest BCUT2D eigenvalue weighted by atomic mass is 16.7. The molecule has 49 heavy (non-hydrogen) atoms. The highest BCUT2D eigenvalue weighted by Crippen LogP contribution is 2.43. The van der Waals surface area contributed by atoms with Crippen LogP contribution in [0.3, 0.4) is 0 Å². The van der Waals surface area contributed by atoms with Crippen LogP contribution in [-0.2, 0) is 9.57 Å². The van der Waals surface area contributed by atoms with Gasteiger partial charge < -0.3 is 25.6 Å². The highest BCUT2D eigenvalue weighted by molar-refractivity contribution is 4.92. The number of hydroxylamine groups is 2. The third-order valence-electron chi connectivity index (χ3n) is 13.1. The van der Waals surface area contributed by atoms with E-state index in [4.69, 9.17) is 14.7 Å². The van der Waals surface area contributed by atoms with Crippen LogP contribution in [0.5, 0.6) is 0 Å². The van der Waals surface area contributed by atoms with Crippen molar-refractivity contribution in [3.63, 3.8) is 0 Å². The van der Waals surface area contributed by atoms with Gasteiger partial charge in [0.25, 0.3) is 0 Å². The van der Waals surface area contributed by atoms with Gasteiger partial charge in [0.1, 0.15) is 0 Å². The van der Waals surface area contributed by atoms with Crippen LogP contribution in [0.15, 0.2) is 12.8 Å². The van der Waals surface area contributed by atoms with Crippen LogP contribution in [0.4, 0.5) is 0 Å². The van der Waals surface area contributed by atoms with Gasteiger partial charge in [0.2, 0.25) is 0 Å². The van der Waals surface area contributed by atoms with E-state index in [1.54, 1.807) is 6.20 Å². The Hall–Kier alpha value is -0.700. The van der Waals surface area contributed by atoms with E-state index in [0.29, 0.717) is 36.0 Å². The standard InChI is InChI=1S/C28H52N2O3.C10H20.C3H7N.CH4O/c1-21(31)25-19-30(33-20-25)18-24-13-7-15-27(28(24)32-2)23-12-6-14-26(17-23)29-16-8-11-22-9-4-3-5-10-22;1-8-5-6-9(2)10(3,4)7-8;1-3-4-2;1-2/h21-29,31H,3-20H2,1-2H3;8-9H,5-7H2,1-4H3;3-4H,1H2,2H3;2H,1H3/t21-,23?,24?,25?,26?,27?,28?;;;/m0.../s1. The molecule has 0 bridgehead atoms. The Kier molecular flexibility index (Phi) is 22.3. The number of hydrogen-bond donors (Lipinski definition) is 4. The molecule has 1 heterocycles. The predicted octanol–water partition coefficient (Wildman–Crippen LogP) is 8.60. The van der Waals surface area contributed by atoms with Gasteiger partial charge in [0.05, 0.1) is 18.8 Å². The molecule has 5 fully saturated rings. The SMILES string of the molecule is C=CNC.CC1CCC(C)C(C)(C)C1.CO.COC1C(CN2CC([C@H](C)O)CO2)CCCC1C1CCCC(NCCCC2CCCCC2)C1. The molecule has 5 aliphatic rings. The van der Waals surface area contributed by atoms with Crippen molar-refractivity contribution in [3.05, 3.63) is 12.8 Å². The van der Waals surface area contributed by atoms with Crippen LogP contribution in [0.1, 0.15) is 144 Å². The quantitative estimate of drug-likeness (QED) is 0.161. The first-order chi connectivity index (χ1) is 23.6. The Morgan fingerprint density at radius 2 is 1.67 bits per heavy atom. The maximum atomic E-state index is 9.92. The average molecular weight is 694 g/mol. The Morgan fingerprint density at radius 3 is 2.27 bits per heavy atom. The minimum atomic E-state index is -0.290. The number of methoxy groups -OCH3 is 1. The van der Waals surface area contributed by atoms with Crippen molar-refractivity contribution in [2.24, 2.45) is 46.8 Å². The summed E-state index contributed by atoms with van der Waals surface area (Å²) in [6, 6.07) is 0.710. The van der Waals surface area contributed by atoms with E-state index in [0.717, 1.165) is 43.9 Å². The molecule has 0 aromatic carbocycles. The molecule has 7 heteroatoms. The van der Waals surface area contributed by atoms with Crippen LogP contribution in [0.25, 0.3) is 0 Å². The second kappa shape index (κ2) is 24.5. The summed E-state index contributed by atoms with van der Waals surface area (Å²) in [5.74, 6) is 5.19. The predicted molar refractivity (Wildman–Crippen MR) is 207 cm³/mol. The van der Waals surface area contributed by atoms with Gasteiger partial charge in [-0.3, -0.25) is 4.84 Å². The third kappa shape index (κ3) is 15.8. The summed E-state index contributed by atoms with van der Waals surface area (Å²) in [7, 11) is 4.75. The summed E-state index contributed by atoms with van der Waals surface area (Å²) in [6.07, 6.45) is 25.5. The molecule has 0 aromatic rings. The number of nitrogens with zero attached hydrogens (tertiary/aromatic N) is 1. The lowest BCUT2D eigenvalue weighted by molar-refractivity contribution is -0.143. The molecule has 7 nitrogen and oxygen atoms in total.